The molecule has 0 unspecified atom stereocenters. The molecule has 0 radical (unpaired) electrons. The number of rotatable bonds is 4. The third kappa shape index (κ3) is 2.49. The molecule has 0 atom stereocenters. The van der Waals surface area contributed by atoms with Gasteiger partial charge >= 0.3 is 0 Å². The van der Waals surface area contributed by atoms with Crippen LogP contribution in [0.15, 0.2) is 21.7 Å². The standard InChI is InChI=1S/C13H15BrN4O/c1-2-5-18-7-9(6-15-18)12-16-11(8-3-4-8)10(14)13(19)17-12/h6-8H,2-5H2,1H3,(H,16,17,19). The van der Waals surface area contributed by atoms with E-state index in [0.717, 1.165) is 37.1 Å². The SMILES string of the molecule is CCCn1cc(-c2nc(C3CC3)c(Br)c(=O)[nH]2)cn1. The number of hydrogen-bond donors (Lipinski definition) is 1. The minimum Gasteiger partial charge on any atom is -0.305 e. The van der Waals surface area contributed by atoms with Gasteiger partial charge in [0.25, 0.3) is 5.56 Å². The molecular formula is C13H15BrN4O. The average molecular weight is 323 g/mol. The van der Waals surface area contributed by atoms with Crippen molar-refractivity contribution in [2.24, 2.45) is 0 Å². The first-order valence-electron chi connectivity index (χ1n) is 6.51. The lowest BCUT2D eigenvalue weighted by molar-refractivity contribution is 0.603. The molecule has 0 spiro atoms. The summed E-state index contributed by atoms with van der Waals surface area (Å²) in [5.74, 6) is 1.04. The topological polar surface area (TPSA) is 63.6 Å². The quantitative estimate of drug-likeness (QED) is 0.941. The van der Waals surface area contributed by atoms with E-state index in [1.165, 1.54) is 0 Å². The highest BCUT2D eigenvalue weighted by Gasteiger charge is 2.29. The molecule has 1 fully saturated rings. The van der Waals surface area contributed by atoms with E-state index < -0.39 is 0 Å². The highest BCUT2D eigenvalue weighted by molar-refractivity contribution is 9.10. The van der Waals surface area contributed by atoms with E-state index in [-0.39, 0.29) is 5.56 Å². The molecule has 0 aliphatic heterocycles. The summed E-state index contributed by atoms with van der Waals surface area (Å²) in [7, 11) is 0. The van der Waals surface area contributed by atoms with Crippen LogP contribution in [0.2, 0.25) is 0 Å². The zero-order chi connectivity index (χ0) is 13.4. The van der Waals surface area contributed by atoms with Crippen LogP contribution in [0.3, 0.4) is 0 Å². The second kappa shape index (κ2) is 4.92. The molecule has 5 nitrogen and oxygen atoms in total. The van der Waals surface area contributed by atoms with E-state index in [1.54, 1.807) is 6.20 Å². The molecule has 0 bridgehead atoms. The van der Waals surface area contributed by atoms with E-state index in [0.29, 0.717) is 16.2 Å². The zero-order valence-corrected chi connectivity index (χ0v) is 12.3. The van der Waals surface area contributed by atoms with Gasteiger partial charge in [0.2, 0.25) is 0 Å². The fraction of sp³-hybridized carbons (Fsp3) is 0.462. The van der Waals surface area contributed by atoms with Crippen LogP contribution in [-0.2, 0) is 6.54 Å². The van der Waals surface area contributed by atoms with Crippen LogP contribution in [0.5, 0.6) is 0 Å². The summed E-state index contributed by atoms with van der Waals surface area (Å²) in [5.41, 5.74) is 1.62. The lowest BCUT2D eigenvalue weighted by atomic mass is 10.2. The van der Waals surface area contributed by atoms with Crippen LogP contribution in [-0.4, -0.2) is 19.7 Å². The molecular weight excluding hydrogens is 308 g/mol. The molecule has 0 amide bonds. The van der Waals surface area contributed by atoms with E-state index in [4.69, 9.17) is 0 Å². The van der Waals surface area contributed by atoms with E-state index in [9.17, 15) is 4.79 Å². The molecule has 1 saturated carbocycles. The first-order chi connectivity index (χ1) is 9.19. The van der Waals surface area contributed by atoms with Crippen molar-refractivity contribution in [3.05, 3.63) is 32.9 Å². The van der Waals surface area contributed by atoms with Gasteiger partial charge in [-0.1, -0.05) is 6.92 Å². The Kier molecular flexibility index (Phi) is 3.26. The lowest BCUT2D eigenvalue weighted by Crippen LogP contribution is -2.13. The van der Waals surface area contributed by atoms with Crippen molar-refractivity contribution >= 4 is 15.9 Å². The van der Waals surface area contributed by atoms with Crippen LogP contribution in [0.1, 0.15) is 37.8 Å². The maximum Gasteiger partial charge on any atom is 0.265 e. The molecule has 6 heteroatoms. The van der Waals surface area contributed by atoms with Gasteiger partial charge in [-0.15, -0.1) is 0 Å². The predicted molar refractivity (Wildman–Crippen MR) is 76.0 cm³/mol. The first-order valence-corrected chi connectivity index (χ1v) is 7.31. The van der Waals surface area contributed by atoms with Crippen LogP contribution in [0, 0.1) is 0 Å². The normalized spacial score (nSPS) is 14.8. The summed E-state index contributed by atoms with van der Waals surface area (Å²) in [6.45, 7) is 2.97. The summed E-state index contributed by atoms with van der Waals surface area (Å²) in [6.07, 6.45) is 6.93. The number of hydrogen-bond acceptors (Lipinski definition) is 3. The molecule has 2 aromatic rings. The van der Waals surface area contributed by atoms with Gasteiger partial charge in [0.05, 0.1) is 17.5 Å². The van der Waals surface area contributed by atoms with Crippen molar-refractivity contribution in [3.8, 4) is 11.4 Å². The average Bonchev–Trinajstić information content (AvgIpc) is 3.13. The Morgan fingerprint density at radius 1 is 1.53 bits per heavy atom. The van der Waals surface area contributed by atoms with Gasteiger partial charge in [0, 0.05) is 18.7 Å². The Hall–Kier alpha value is -1.43. The lowest BCUT2D eigenvalue weighted by Gasteiger charge is -2.03. The fourth-order valence-electron chi connectivity index (χ4n) is 2.08. The summed E-state index contributed by atoms with van der Waals surface area (Å²) in [5, 5.41) is 4.27. The molecule has 1 aliphatic carbocycles. The smallest absolute Gasteiger partial charge is 0.265 e. The molecule has 100 valence electrons. The van der Waals surface area contributed by atoms with Gasteiger partial charge in [-0.2, -0.15) is 5.10 Å². The molecule has 3 rings (SSSR count). The van der Waals surface area contributed by atoms with E-state index in [2.05, 4.69) is 37.9 Å². The molecule has 19 heavy (non-hydrogen) atoms. The van der Waals surface area contributed by atoms with Gasteiger partial charge < -0.3 is 4.98 Å². The monoisotopic (exact) mass is 322 g/mol. The van der Waals surface area contributed by atoms with Gasteiger partial charge in [-0.25, -0.2) is 4.98 Å². The van der Waals surface area contributed by atoms with Crippen molar-refractivity contribution in [2.45, 2.75) is 38.6 Å². The van der Waals surface area contributed by atoms with Crippen molar-refractivity contribution in [2.75, 3.05) is 0 Å². The van der Waals surface area contributed by atoms with Gasteiger partial charge in [0.1, 0.15) is 10.3 Å². The fourth-order valence-corrected chi connectivity index (χ4v) is 2.59. The molecule has 0 aromatic carbocycles. The Labute approximate surface area is 119 Å². The number of nitrogens with zero attached hydrogens (tertiary/aromatic N) is 3. The highest BCUT2D eigenvalue weighted by atomic mass is 79.9. The Bertz CT molecular complexity index is 657. The van der Waals surface area contributed by atoms with Crippen LogP contribution in [0.25, 0.3) is 11.4 Å². The van der Waals surface area contributed by atoms with Crippen LogP contribution >= 0.6 is 15.9 Å². The maximum absolute atomic E-state index is 11.9. The molecule has 2 heterocycles. The van der Waals surface area contributed by atoms with E-state index >= 15 is 0 Å². The number of halogens is 1. The van der Waals surface area contributed by atoms with Crippen molar-refractivity contribution in [1.29, 1.82) is 0 Å². The van der Waals surface area contributed by atoms with Crippen molar-refractivity contribution < 1.29 is 0 Å². The predicted octanol–water partition coefficient (Wildman–Crippen LogP) is 2.68. The number of aryl methyl sites for hydroxylation is 1. The Morgan fingerprint density at radius 3 is 3.00 bits per heavy atom. The molecule has 0 saturated heterocycles. The second-order valence-electron chi connectivity index (χ2n) is 4.88. The number of H-pyrrole nitrogens is 1. The van der Waals surface area contributed by atoms with Gasteiger partial charge in [-0.05, 0) is 35.2 Å². The Balaban J connectivity index is 2.01. The summed E-state index contributed by atoms with van der Waals surface area (Å²) in [6, 6.07) is 0. The number of nitrogens with one attached hydrogen (secondary N) is 1. The molecule has 1 N–H and O–H groups in total. The van der Waals surface area contributed by atoms with Crippen LogP contribution in [0.4, 0.5) is 0 Å². The van der Waals surface area contributed by atoms with Crippen molar-refractivity contribution in [1.82, 2.24) is 19.7 Å². The Morgan fingerprint density at radius 2 is 2.32 bits per heavy atom. The van der Waals surface area contributed by atoms with Crippen molar-refractivity contribution in [3.63, 3.8) is 0 Å². The van der Waals surface area contributed by atoms with Gasteiger partial charge in [0.15, 0.2) is 0 Å². The highest BCUT2D eigenvalue weighted by Crippen LogP contribution is 2.41. The van der Waals surface area contributed by atoms with Crippen LogP contribution < -0.4 is 5.56 Å². The minimum atomic E-state index is -0.116. The largest absolute Gasteiger partial charge is 0.305 e. The summed E-state index contributed by atoms with van der Waals surface area (Å²) in [4.78, 5) is 19.3. The molecule has 1 aliphatic rings. The second-order valence-corrected chi connectivity index (χ2v) is 5.67. The summed E-state index contributed by atoms with van der Waals surface area (Å²) >= 11 is 3.33. The maximum atomic E-state index is 11.9. The first kappa shape index (κ1) is 12.6. The zero-order valence-electron chi connectivity index (χ0n) is 10.7. The van der Waals surface area contributed by atoms with Gasteiger partial charge in [-0.3, -0.25) is 9.48 Å². The third-order valence-corrected chi connectivity index (χ3v) is 3.98. The van der Waals surface area contributed by atoms with E-state index in [1.807, 2.05) is 10.9 Å². The summed E-state index contributed by atoms with van der Waals surface area (Å²) < 4.78 is 2.44. The minimum absolute atomic E-state index is 0.116. The third-order valence-electron chi connectivity index (χ3n) is 3.21. The molecule has 2 aromatic heterocycles. The number of aromatic nitrogens is 4. The number of aromatic amines is 1.